The highest BCUT2D eigenvalue weighted by Crippen LogP contribution is 2.22. The molecule has 15 heavy (non-hydrogen) atoms. The Morgan fingerprint density at radius 1 is 1.40 bits per heavy atom. The number of anilines is 1. The largest absolute Gasteiger partial charge is 0.478 e. The molecule has 0 aromatic heterocycles. The standard InChI is InChI=1S/C11H12FNO2/c1-6(7(2)11(14)15)8-3-4-9(12)10(13)5-8/h3-5H,13H2,1-2H3,(H,14,15)/b7-6+. The molecule has 0 amide bonds. The third kappa shape index (κ3) is 2.34. The fourth-order valence-corrected chi connectivity index (χ4v) is 1.15. The van der Waals surface area contributed by atoms with Crippen molar-refractivity contribution in [3.05, 3.63) is 35.2 Å². The summed E-state index contributed by atoms with van der Waals surface area (Å²) in [4.78, 5) is 10.7. The number of hydrogen-bond donors (Lipinski definition) is 2. The van der Waals surface area contributed by atoms with Crippen molar-refractivity contribution < 1.29 is 14.3 Å². The average molecular weight is 209 g/mol. The Labute approximate surface area is 87.0 Å². The topological polar surface area (TPSA) is 63.3 Å². The molecule has 1 aromatic carbocycles. The number of hydrogen-bond acceptors (Lipinski definition) is 2. The van der Waals surface area contributed by atoms with Gasteiger partial charge in [-0.05, 0) is 37.1 Å². The SMILES string of the molecule is C/C(C(=O)O)=C(/C)c1ccc(F)c(N)c1. The van der Waals surface area contributed by atoms with E-state index in [2.05, 4.69) is 0 Å². The number of carbonyl (C=O) groups is 1. The van der Waals surface area contributed by atoms with E-state index in [1.807, 2.05) is 0 Å². The van der Waals surface area contributed by atoms with E-state index in [-0.39, 0.29) is 11.3 Å². The molecular weight excluding hydrogens is 197 g/mol. The van der Waals surface area contributed by atoms with Gasteiger partial charge < -0.3 is 10.8 Å². The van der Waals surface area contributed by atoms with Crippen molar-refractivity contribution in [2.45, 2.75) is 13.8 Å². The van der Waals surface area contributed by atoms with Crippen LogP contribution in [-0.2, 0) is 4.79 Å². The van der Waals surface area contributed by atoms with Crippen LogP contribution in [0.2, 0.25) is 0 Å². The zero-order valence-electron chi connectivity index (χ0n) is 8.54. The lowest BCUT2D eigenvalue weighted by molar-refractivity contribution is -0.132. The molecule has 0 bridgehead atoms. The van der Waals surface area contributed by atoms with E-state index in [1.54, 1.807) is 6.92 Å². The van der Waals surface area contributed by atoms with Crippen LogP contribution in [0.3, 0.4) is 0 Å². The Kier molecular flexibility index (Phi) is 3.09. The predicted molar refractivity (Wildman–Crippen MR) is 56.7 cm³/mol. The van der Waals surface area contributed by atoms with Gasteiger partial charge in [-0.2, -0.15) is 0 Å². The monoisotopic (exact) mass is 209 g/mol. The number of carboxylic acids is 1. The summed E-state index contributed by atoms with van der Waals surface area (Å²) in [6.07, 6.45) is 0. The Morgan fingerprint density at radius 3 is 2.47 bits per heavy atom. The van der Waals surface area contributed by atoms with Crippen LogP contribution in [0.4, 0.5) is 10.1 Å². The van der Waals surface area contributed by atoms with E-state index < -0.39 is 11.8 Å². The molecule has 4 heteroatoms. The van der Waals surface area contributed by atoms with Crippen LogP contribution in [0.25, 0.3) is 5.57 Å². The van der Waals surface area contributed by atoms with E-state index in [1.165, 1.54) is 25.1 Å². The molecule has 0 spiro atoms. The van der Waals surface area contributed by atoms with Gasteiger partial charge in [0.1, 0.15) is 5.82 Å². The van der Waals surface area contributed by atoms with Crippen LogP contribution in [0.15, 0.2) is 23.8 Å². The molecule has 1 aromatic rings. The summed E-state index contributed by atoms with van der Waals surface area (Å²) in [7, 11) is 0. The van der Waals surface area contributed by atoms with Crippen molar-refractivity contribution in [2.75, 3.05) is 5.73 Å². The molecule has 3 N–H and O–H groups in total. The normalized spacial score (nSPS) is 12.2. The first-order valence-electron chi connectivity index (χ1n) is 4.39. The lowest BCUT2D eigenvalue weighted by Crippen LogP contribution is -2.00. The first kappa shape index (κ1) is 11.2. The number of benzene rings is 1. The molecule has 0 radical (unpaired) electrons. The highest BCUT2D eigenvalue weighted by molar-refractivity contribution is 5.95. The second-order valence-corrected chi connectivity index (χ2v) is 3.29. The summed E-state index contributed by atoms with van der Waals surface area (Å²) in [6, 6.07) is 4.16. The van der Waals surface area contributed by atoms with Crippen molar-refractivity contribution in [1.82, 2.24) is 0 Å². The highest BCUT2D eigenvalue weighted by atomic mass is 19.1. The quantitative estimate of drug-likeness (QED) is 0.580. The van der Waals surface area contributed by atoms with Gasteiger partial charge in [0.15, 0.2) is 0 Å². The van der Waals surface area contributed by atoms with Crippen molar-refractivity contribution in [3.8, 4) is 0 Å². The van der Waals surface area contributed by atoms with Crippen molar-refractivity contribution in [2.24, 2.45) is 0 Å². The minimum absolute atomic E-state index is 0.0186. The van der Waals surface area contributed by atoms with Crippen LogP contribution in [-0.4, -0.2) is 11.1 Å². The Morgan fingerprint density at radius 2 is 2.00 bits per heavy atom. The molecule has 0 atom stereocenters. The van der Waals surface area contributed by atoms with E-state index >= 15 is 0 Å². The number of nitrogen functional groups attached to an aromatic ring is 1. The Balaban J connectivity index is 3.23. The number of carboxylic acid groups (broad SMARTS) is 1. The molecule has 0 saturated carbocycles. The first-order chi connectivity index (χ1) is 6.93. The summed E-state index contributed by atoms with van der Waals surface area (Å²) in [5.41, 5.74) is 6.83. The molecule has 0 aliphatic rings. The number of halogens is 1. The summed E-state index contributed by atoms with van der Waals surface area (Å²) >= 11 is 0. The summed E-state index contributed by atoms with van der Waals surface area (Å²) in [6.45, 7) is 3.16. The lowest BCUT2D eigenvalue weighted by Gasteiger charge is -2.06. The smallest absolute Gasteiger partial charge is 0.331 e. The number of aliphatic carboxylic acids is 1. The van der Waals surface area contributed by atoms with Gasteiger partial charge in [-0.1, -0.05) is 6.07 Å². The number of rotatable bonds is 2. The van der Waals surface area contributed by atoms with Crippen molar-refractivity contribution >= 4 is 17.2 Å². The Bertz CT molecular complexity index is 438. The van der Waals surface area contributed by atoms with Crippen LogP contribution in [0.5, 0.6) is 0 Å². The third-order valence-corrected chi connectivity index (χ3v) is 2.31. The molecule has 0 heterocycles. The van der Waals surface area contributed by atoms with Gasteiger partial charge in [-0.3, -0.25) is 0 Å². The second-order valence-electron chi connectivity index (χ2n) is 3.29. The second kappa shape index (κ2) is 4.13. The average Bonchev–Trinajstić information content (AvgIpc) is 2.19. The van der Waals surface area contributed by atoms with E-state index in [9.17, 15) is 9.18 Å². The van der Waals surface area contributed by atoms with Crippen LogP contribution in [0, 0.1) is 5.82 Å². The zero-order valence-corrected chi connectivity index (χ0v) is 8.54. The third-order valence-electron chi connectivity index (χ3n) is 2.31. The highest BCUT2D eigenvalue weighted by Gasteiger charge is 2.08. The van der Waals surface area contributed by atoms with Crippen molar-refractivity contribution in [3.63, 3.8) is 0 Å². The molecule has 0 unspecified atom stereocenters. The molecule has 0 saturated heterocycles. The molecule has 80 valence electrons. The van der Waals surface area contributed by atoms with Crippen LogP contribution >= 0.6 is 0 Å². The van der Waals surface area contributed by atoms with Gasteiger partial charge in [0, 0.05) is 5.57 Å². The van der Waals surface area contributed by atoms with Gasteiger partial charge in [0.2, 0.25) is 0 Å². The van der Waals surface area contributed by atoms with Crippen molar-refractivity contribution in [1.29, 1.82) is 0 Å². The maximum Gasteiger partial charge on any atom is 0.331 e. The maximum absolute atomic E-state index is 12.9. The molecule has 0 aliphatic heterocycles. The molecule has 0 fully saturated rings. The maximum atomic E-state index is 12.9. The summed E-state index contributed by atoms with van der Waals surface area (Å²) < 4.78 is 12.9. The summed E-state index contributed by atoms with van der Waals surface area (Å²) in [5, 5.41) is 8.77. The van der Waals surface area contributed by atoms with Crippen LogP contribution < -0.4 is 5.73 Å². The zero-order chi connectivity index (χ0) is 11.6. The van der Waals surface area contributed by atoms with E-state index in [0.717, 1.165) is 0 Å². The predicted octanol–water partition coefficient (Wildman–Crippen LogP) is 2.29. The van der Waals surface area contributed by atoms with Gasteiger partial charge in [-0.15, -0.1) is 0 Å². The van der Waals surface area contributed by atoms with Gasteiger partial charge in [-0.25, -0.2) is 9.18 Å². The van der Waals surface area contributed by atoms with Gasteiger partial charge in [0.25, 0.3) is 0 Å². The van der Waals surface area contributed by atoms with E-state index in [0.29, 0.717) is 11.1 Å². The van der Waals surface area contributed by atoms with E-state index in [4.69, 9.17) is 10.8 Å². The minimum Gasteiger partial charge on any atom is -0.478 e. The van der Waals surface area contributed by atoms with Gasteiger partial charge >= 0.3 is 5.97 Å². The fraction of sp³-hybridized carbons (Fsp3) is 0.182. The Hall–Kier alpha value is -1.84. The lowest BCUT2D eigenvalue weighted by atomic mass is 10.0. The molecular formula is C11H12FNO2. The first-order valence-corrected chi connectivity index (χ1v) is 4.39. The molecule has 0 aliphatic carbocycles. The molecule has 3 nitrogen and oxygen atoms in total. The summed E-state index contributed by atoms with van der Waals surface area (Å²) in [5.74, 6) is -1.49. The number of nitrogens with two attached hydrogens (primary N) is 1. The molecule has 1 rings (SSSR count). The van der Waals surface area contributed by atoms with Crippen LogP contribution in [0.1, 0.15) is 19.4 Å². The fourth-order valence-electron chi connectivity index (χ4n) is 1.15. The number of allylic oxidation sites excluding steroid dienone is 1. The minimum atomic E-state index is -0.990. The van der Waals surface area contributed by atoms with Gasteiger partial charge in [0.05, 0.1) is 5.69 Å².